The Morgan fingerprint density at radius 3 is 2.85 bits per heavy atom. The van der Waals surface area contributed by atoms with Crippen LogP contribution >= 0.6 is 12.4 Å². The standard InChI is InChI=1S/C14H16N2O3.ClH/c1-7-10(19-2)4-3-9-11(7)8-5-6-15-13(14(17)18)12(8)16-9;/h3-4,13,15-16H,5-6H2,1-2H3,(H,17,18);1H. The predicted molar refractivity (Wildman–Crippen MR) is 78.9 cm³/mol. The smallest absolute Gasteiger partial charge is 0.326 e. The number of hydrogen-bond donors (Lipinski definition) is 3. The van der Waals surface area contributed by atoms with Gasteiger partial charge in [-0.25, -0.2) is 0 Å². The minimum Gasteiger partial charge on any atom is -0.496 e. The van der Waals surface area contributed by atoms with Crippen LogP contribution in [0.3, 0.4) is 0 Å². The van der Waals surface area contributed by atoms with Crippen molar-refractivity contribution >= 4 is 29.3 Å². The number of H-pyrrole nitrogens is 1. The molecule has 6 heteroatoms. The summed E-state index contributed by atoms with van der Waals surface area (Å²) in [6, 6.07) is 3.20. The van der Waals surface area contributed by atoms with Crippen LogP contribution in [0.15, 0.2) is 12.1 Å². The third kappa shape index (κ3) is 2.03. The fourth-order valence-corrected chi connectivity index (χ4v) is 2.92. The predicted octanol–water partition coefficient (Wildman–Crippen LogP) is 2.18. The Bertz CT molecular complexity index is 666. The van der Waals surface area contributed by atoms with Crippen molar-refractivity contribution in [3.8, 4) is 5.75 Å². The van der Waals surface area contributed by atoms with E-state index in [0.717, 1.165) is 39.9 Å². The van der Waals surface area contributed by atoms with Gasteiger partial charge in [-0.3, -0.25) is 10.1 Å². The SMILES string of the molecule is COc1ccc2[nH]c3c(c2c1C)CCNC3C(=O)O.Cl. The quantitative estimate of drug-likeness (QED) is 0.794. The Balaban J connectivity index is 0.00000147. The van der Waals surface area contributed by atoms with Gasteiger partial charge in [0.1, 0.15) is 11.8 Å². The van der Waals surface area contributed by atoms with Gasteiger partial charge in [-0.05, 0) is 31.0 Å². The number of nitrogens with one attached hydrogen (secondary N) is 2. The Hall–Kier alpha value is -1.72. The molecule has 1 aliphatic rings. The Labute approximate surface area is 122 Å². The highest BCUT2D eigenvalue weighted by Crippen LogP contribution is 2.35. The van der Waals surface area contributed by atoms with Gasteiger partial charge in [0.25, 0.3) is 0 Å². The lowest BCUT2D eigenvalue weighted by molar-refractivity contribution is -0.139. The van der Waals surface area contributed by atoms with Gasteiger partial charge >= 0.3 is 5.97 Å². The number of carboxylic acid groups (broad SMARTS) is 1. The van der Waals surface area contributed by atoms with Crippen LogP contribution in [0, 0.1) is 6.92 Å². The summed E-state index contributed by atoms with van der Waals surface area (Å²) in [7, 11) is 1.65. The number of aromatic nitrogens is 1. The van der Waals surface area contributed by atoms with E-state index < -0.39 is 12.0 Å². The monoisotopic (exact) mass is 296 g/mol. The van der Waals surface area contributed by atoms with Crippen molar-refractivity contribution < 1.29 is 14.6 Å². The zero-order valence-electron chi connectivity index (χ0n) is 11.3. The molecule has 1 unspecified atom stereocenters. The fraction of sp³-hybridized carbons (Fsp3) is 0.357. The lowest BCUT2D eigenvalue weighted by atomic mass is 9.97. The van der Waals surface area contributed by atoms with E-state index in [-0.39, 0.29) is 12.4 Å². The first kappa shape index (κ1) is 14.7. The summed E-state index contributed by atoms with van der Waals surface area (Å²) < 4.78 is 5.34. The molecule has 0 radical (unpaired) electrons. The molecule has 108 valence electrons. The maximum atomic E-state index is 11.3. The number of aryl methyl sites for hydroxylation is 1. The summed E-state index contributed by atoms with van der Waals surface area (Å²) in [5, 5.41) is 13.4. The molecule has 1 aromatic heterocycles. The molecule has 2 heterocycles. The van der Waals surface area contributed by atoms with E-state index in [0.29, 0.717) is 6.54 Å². The molecule has 2 aromatic rings. The van der Waals surface area contributed by atoms with Crippen molar-refractivity contribution in [3.05, 3.63) is 29.0 Å². The van der Waals surface area contributed by atoms with Gasteiger partial charge in [0.2, 0.25) is 0 Å². The number of aromatic amines is 1. The van der Waals surface area contributed by atoms with E-state index in [2.05, 4.69) is 10.3 Å². The molecular weight excluding hydrogens is 280 g/mol. The number of carboxylic acids is 1. The number of fused-ring (bicyclic) bond motifs is 3. The van der Waals surface area contributed by atoms with Crippen LogP contribution < -0.4 is 10.1 Å². The summed E-state index contributed by atoms with van der Waals surface area (Å²) in [5.74, 6) is -0.0168. The van der Waals surface area contributed by atoms with E-state index in [4.69, 9.17) is 4.74 Å². The van der Waals surface area contributed by atoms with Crippen LogP contribution in [-0.2, 0) is 11.2 Å². The number of carbonyl (C=O) groups is 1. The molecule has 0 spiro atoms. The van der Waals surface area contributed by atoms with E-state index in [9.17, 15) is 9.90 Å². The Morgan fingerprint density at radius 2 is 2.20 bits per heavy atom. The van der Waals surface area contributed by atoms with Crippen molar-refractivity contribution in [1.82, 2.24) is 10.3 Å². The summed E-state index contributed by atoms with van der Waals surface area (Å²) in [6.45, 7) is 2.68. The number of hydrogen-bond acceptors (Lipinski definition) is 3. The average molecular weight is 297 g/mol. The van der Waals surface area contributed by atoms with Gasteiger partial charge < -0.3 is 14.8 Å². The van der Waals surface area contributed by atoms with Gasteiger partial charge in [0.15, 0.2) is 0 Å². The van der Waals surface area contributed by atoms with Crippen molar-refractivity contribution in [2.75, 3.05) is 13.7 Å². The van der Waals surface area contributed by atoms with Gasteiger partial charge in [-0.2, -0.15) is 0 Å². The third-order valence-electron chi connectivity index (χ3n) is 3.79. The highest BCUT2D eigenvalue weighted by atomic mass is 35.5. The molecule has 3 N–H and O–H groups in total. The fourth-order valence-electron chi connectivity index (χ4n) is 2.92. The second kappa shape index (κ2) is 5.34. The second-order valence-electron chi connectivity index (χ2n) is 4.81. The number of ether oxygens (including phenoxy) is 1. The number of halogens is 1. The molecule has 3 rings (SSSR count). The van der Waals surface area contributed by atoms with E-state index >= 15 is 0 Å². The molecule has 1 atom stereocenters. The highest BCUT2D eigenvalue weighted by Gasteiger charge is 2.29. The van der Waals surface area contributed by atoms with Gasteiger partial charge in [0.05, 0.1) is 7.11 Å². The first-order valence-corrected chi connectivity index (χ1v) is 6.27. The molecule has 1 aliphatic heterocycles. The molecule has 20 heavy (non-hydrogen) atoms. The Morgan fingerprint density at radius 1 is 1.45 bits per heavy atom. The van der Waals surface area contributed by atoms with Gasteiger partial charge in [-0.1, -0.05) is 0 Å². The van der Waals surface area contributed by atoms with Crippen LogP contribution in [0.1, 0.15) is 22.9 Å². The lowest BCUT2D eigenvalue weighted by Crippen LogP contribution is -2.34. The molecular formula is C14H17ClN2O3. The van der Waals surface area contributed by atoms with Crippen molar-refractivity contribution in [2.24, 2.45) is 0 Å². The first-order valence-electron chi connectivity index (χ1n) is 6.27. The summed E-state index contributed by atoms with van der Waals surface area (Å²) >= 11 is 0. The molecule has 5 nitrogen and oxygen atoms in total. The summed E-state index contributed by atoms with van der Waals surface area (Å²) in [6.07, 6.45) is 0.827. The van der Waals surface area contributed by atoms with Gasteiger partial charge in [-0.15, -0.1) is 12.4 Å². The highest BCUT2D eigenvalue weighted by molar-refractivity contribution is 5.92. The van der Waals surface area contributed by atoms with Crippen LogP contribution in [0.25, 0.3) is 10.9 Å². The number of benzene rings is 1. The number of methoxy groups -OCH3 is 1. The van der Waals surface area contributed by atoms with Crippen LogP contribution in [-0.4, -0.2) is 29.7 Å². The number of rotatable bonds is 2. The van der Waals surface area contributed by atoms with E-state index in [1.165, 1.54) is 0 Å². The lowest BCUT2D eigenvalue weighted by Gasteiger charge is -2.20. The second-order valence-corrected chi connectivity index (χ2v) is 4.81. The zero-order valence-corrected chi connectivity index (χ0v) is 12.1. The first-order chi connectivity index (χ1) is 9.13. The molecule has 0 fully saturated rings. The van der Waals surface area contributed by atoms with Crippen molar-refractivity contribution in [2.45, 2.75) is 19.4 Å². The largest absolute Gasteiger partial charge is 0.496 e. The maximum Gasteiger partial charge on any atom is 0.326 e. The number of aliphatic carboxylic acids is 1. The molecule has 0 aliphatic carbocycles. The average Bonchev–Trinajstić information content (AvgIpc) is 2.77. The molecule has 0 amide bonds. The maximum absolute atomic E-state index is 11.3. The van der Waals surface area contributed by atoms with E-state index in [1.54, 1.807) is 7.11 Å². The minimum atomic E-state index is -0.850. The van der Waals surface area contributed by atoms with Crippen molar-refractivity contribution in [3.63, 3.8) is 0 Å². The molecule has 1 aromatic carbocycles. The third-order valence-corrected chi connectivity index (χ3v) is 3.79. The minimum absolute atomic E-state index is 0. The molecule has 0 saturated heterocycles. The Kier molecular flexibility index (Phi) is 3.92. The summed E-state index contributed by atoms with van der Waals surface area (Å²) in [4.78, 5) is 14.5. The topological polar surface area (TPSA) is 74.3 Å². The molecule has 0 saturated carbocycles. The van der Waals surface area contributed by atoms with Crippen molar-refractivity contribution in [1.29, 1.82) is 0 Å². The van der Waals surface area contributed by atoms with Gasteiger partial charge in [0, 0.05) is 28.7 Å². The van der Waals surface area contributed by atoms with Crippen LogP contribution in [0.4, 0.5) is 0 Å². The van der Waals surface area contributed by atoms with Crippen LogP contribution in [0.5, 0.6) is 5.75 Å². The summed E-state index contributed by atoms with van der Waals surface area (Å²) in [5.41, 5.74) is 3.89. The van der Waals surface area contributed by atoms with E-state index in [1.807, 2.05) is 19.1 Å². The normalized spacial score (nSPS) is 17.4. The molecule has 0 bridgehead atoms. The van der Waals surface area contributed by atoms with Crippen LogP contribution in [0.2, 0.25) is 0 Å². The zero-order chi connectivity index (χ0) is 13.6.